The van der Waals surface area contributed by atoms with Crippen LogP contribution in [-0.2, 0) is 4.79 Å². The molecule has 0 aliphatic heterocycles. The van der Waals surface area contributed by atoms with Gasteiger partial charge in [0.1, 0.15) is 0 Å². The summed E-state index contributed by atoms with van der Waals surface area (Å²) in [7, 11) is 0. The molecule has 0 fully saturated rings. The van der Waals surface area contributed by atoms with Gasteiger partial charge in [0.25, 0.3) is 0 Å². The average Bonchev–Trinajstić information content (AvgIpc) is 2.25. The second kappa shape index (κ2) is 9.97. The Labute approximate surface area is 94.2 Å². The van der Waals surface area contributed by atoms with E-state index >= 15 is 0 Å². The minimum absolute atomic E-state index is 0.218. The van der Waals surface area contributed by atoms with Gasteiger partial charge in [-0.15, -0.1) is 0 Å². The molecule has 0 unspecified atom stereocenters. The van der Waals surface area contributed by atoms with Crippen molar-refractivity contribution in [3.8, 4) is 0 Å². The summed E-state index contributed by atoms with van der Waals surface area (Å²) in [6.45, 7) is 9.32. The van der Waals surface area contributed by atoms with E-state index in [9.17, 15) is 4.79 Å². The zero-order valence-corrected chi connectivity index (χ0v) is 10.5. The van der Waals surface area contributed by atoms with Gasteiger partial charge in [-0.05, 0) is 26.8 Å². The Balaban J connectivity index is 3.38. The maximum absolute atomic E-state index is 11.6. The normalized spacial score (nSPS) is 10.3. The zero-order valence-electron chi connectivity index (χ0n) is 10.5. The molecule has 0 heterocycles. The number of carbonyl (C=O) groups excluding carboxylic acids is 1. The Kier molecular flexibility index (Phi) is 9.59. The Morgan fingerprint density at radius 2 is 1.73 bits per heavy atom. The fourth-order valence-corrected chi connectivity index (χ4v) is 1.56. The molecule has 0 aromatic heterocycles. The molecule has 90 valence electrons. The van der Waals surface area contributed by atoms with E-state index in [-0.39, 0.29) is 5.91 Å². The lowest BCUT2D eigenvalue weighted by molar-refractivity contribution is -0.129. The molecule has 0 atom stereocenters. The van der Waals surface area contributed by atoms with Crippen molar-refractivity contribution in [3.63, 3.8) is 0 Å². The van der Waals surface area contributed by atoms with Crippen LogP contribution in [0.3, 0.4) is 0 Å². The van der Waals surface area contributed by atoms with Crippen LogP contribution in [0.25, 0.3) is 0 Å². The molecular formula is C12H26N2O. The molecule has 0 aliphatic rings. The number of hydrogen-bond acceptors (Lipinski definition) is 2. The minimum Gasteiger partial charge on any atom is -0.342 e. The maximum Gasteiger partial charge on any atom is 0.236 e. The van der Waals surface area contributed by atoms with E-state index in [1.54, 1.807) is 0 Å². The molecule has 0 aliphatic carbocycles. The first-order valence-electron chi connectivity index (χ1n) is 6.24. The first kappa shape index (κ1) is 14.4. The summed E-state index contributed by atoms with van der Waals surface area (Å²) in [6.07, 6.45) is 5.01. The highest BCUT2D eigenvalue weighted by molar-refractivity contribution is 5.78. The fourth-order valence-electron chi connectivity index (χ4n) is 1.56. The van der Waals surface area contributed by atoms with E-state index in [4.69, 9.17) is 0 Å². The van der Waals surface area contributed by atoms with Crippen molar-refractivity contribution in [1.82, 2.24) is 10.2 Å². The van der Waals surface area contributed by atoms with Crippen molar-refractivity contribution < 1.29 is 4.79 Å². The molecule has 0 spiro atoms. The third-order valence-corrected chi connectivity index (χ3v) is 2.60. The van der Waals surface area contributed by atoms with Crippen LogP contribution < -0.4 is 5.32 Å². The summed E-state index contributed by atoms with van der Waals surface area (Å²) >= 11 is 0. The first-order chi connectivity index (χ1) is 7.26. The molecule has 3 heteroatoms. The second-order valence-electron chi connectivity index (χ2n) is 3.80. The summed E-state index contributed by atoms with van der Waals surface area (Å²) in [6, 6.07) is 0. The van der Waals surface area contributed by atoms with E-state index in [2.05, 4.69) is 12.2 Å². The Morgan fingerprint density at radius 3 is 2.27 bits per heavy atom. The van der Waals surface area contributed by atoms with Gasteiger partial charge in [-0.2, -0.15) is 0 Å². The molecular weight excluding hydrogens is 188 g/mol. The average molecular weight is 214 g/mol. The standard InChI is InChI=1S/C12H26N2O/c1-4-7-8-9-10-13-11-12(15)14(5-2)6-3/h13H,4-11H2,1-3H3. The van der Waals surface area contributed by atoms with Crippen molar-refractivity contribution in [1.29, 1.82) is 0 Å². The molecule has 1 amide bonds. The van der Waals surface area contributed by atoms with Crippen LogP contribution in [-0.4, -0.2) is 37.0 Å². The molecule has 0 saturated carbocycles. The zero-order chi connectivity index (χ0) is 11.5. The van der Waals surface area contributed by atoms with Crippen LogP contribution >= 0.6 is 0 Å². The van der Waals surface area contributed by atoms with Crippen LogP contribution in [0.15, 0.2) is 0 Å². The molecule has 0 radical (unpaired) electrons. The summed E-state index contributed by atoms with van der Waals surface area (Å²) in [5, 5.41) is 3.20. The quantitative estimate of drug-likeness (QED) is 0.596. The van der Waals surface area contributed by atoms with Crippen molar-refractivity contribution >= 4 is 5.91 Å². The number of nitrogens with one attached hydrogen (secondary N) is 1. The molecule has 0 saturated heterocycles. The highest BCUT2D eigenvalue weighted by Gasteiger charge is 2.07. The molecule has 15 heavy (non-hydrogen) atoms. The van der Waals surface area contributed by atoms with Crippen LogP contribution in [0.1, 0.15) is 46.5 Å². The van der Waals surface area contributed by atoms with Crippen LogP contribution in [0.4, 0.5) is 0 Å². The van der Waals surface area contributed by atoms with Gasteiger partial charge in [0.05, 0.1) is 6.54 Å². The van der Waals surface area contributed by atoms with Crippen LogP contribution in [0.2, 0.25) is 0 Å². The van der Waals surface area contributed by atoms with Gasteiger partial charge in [0.15, 0.2) is 0 Å². The van der Waals surface area contributed by atoms with Gasteiger partial charge < -0.3 is 10.2 Å². The molecule has 3 nitrogen and oxygen atoms in total. The summed E-state index contributed by atoms with van der Waals surface area (Å²) in [5.41, 5.74) is 0. The van der Waals surface area contributed by atoms with Crippen molar-refractivity contribution in [3.05, 3.63) is 0 Å². The molecule has 0 rings (SSSR count). The van der Waals surface area contributed by atoms with Gasteiger partial charge in [0, 0.05) is 13.1 Å². The minimum atomic E-state index is 0.218. The largest absolute Gasteiger partial charge is 0.342 e. The summed E-state index contributed by atoms with van der Waals surface area (Å²) in [4.78, 5) is 13.4. The topological polar surface area (TPSA) is 32.3 Å². The van der Waals surface area contributed by atoms with Crippen molar-refractivity contribution in [2.24, 2.45) is 0 Å². The van der Waals surface area contributed by atoms with Crippen molar-refractivity contribution in [2.75, 3.05) is 26.2 Å². The predicted octanol–water partition coefficient (Wildman–Crippen LogP) is 2.02. The fraction of sp³-hybridized carbons (Fsp3) is 0.917. The number of carbonyl (C=O) groups is 1. The predicted molar refractivity (Wildman–Crippen MR) is 64.9 cm³/mol. The van der Waals surface area contributed by atoms with Gasteiger partial charge >= 0.3 is 0 Å². The number of nitrogens with zero attached hydrogens (tertiary/aromatic N) is 1. The van der Waals surface area contributed by atoms with Crippen molar-refractivity contribution in [2.45, 2.75) is 46.5 Å². The van der Waals surface area contributed by atoms with E-state index < -0.39 is 0 Å². The van der Waals surface area contributed by atoms with Crippen LogP contribution in [0.5, 0.6) is 0 Å². The Bertz CT molecular complexity index is 156. The maximum atomic E-state index is 11.6. The summed E-state index contributed by atoms with van der Waals surface area (Å²) in [5.74, 6) is 0.218. The summed E-state index contributed by atoms with van der Waals surface area (Å²) < 4.78 is 0. The lowest BCUT2D eigenvalue weighted by Crippen LogP contribution is -2.38. The Hall–Kier alpha value is -0.570. The Morgan fingerprint density at radius 1 is 1.07 bits per heavy atom. The SMILES string of the molecule is CCCCCCNCC(=O)N(CC)CC. The van der Waals surface area contributed by atoms with E-state index in [0.29, 0.717) is 6.54 Å². The molecule has 1 N–H and O–H groups in total. The first-order valence-corrected chi connectivity index (χ1v) is 6.24. The van der Waals surface area contributed by atoms with Gasteiger partial charge in [-0.1, -0.05) is 26.2 Å². The number of likely N-dealkylation sites (N-methyl/N-ethyl adjacent to an activating group) is 1. The van der Waals surface area contributed by atoms with Gasteiger partial charge in [-0.25, -0.2) is 0 Å². The number of unbranched alkanes of at least 4 members (excludes halogenated alkanes) is 3. The number of hydrogen-bond donors (Lipinski definition) is 1. The highest BCUT2D eigenvalue weighted by Crippen LogP contribution is 1.96. The molecule has 0 aromatic carbocycles. The lowest BCUT2D eigenvalue weighted by Gasteiger charge is -2.18. The number of amides is 1. The van der Waals surface area contributed by atoms with E-state index in [0.717, 1.165) is 19.6 Å². The third-order valence-electron chi connectivity index (χ3n) is 2.60. The van der Waals surface area contributed by atoms with E-state index in [1.807, 2.05) is 18.7 Å². The number of rotatable bonds is 9. The van der Waals surface area contributed by atoms with Gasteiger partial charge in [0.2, 0.25) is 5.91 Å². The monoisotopic (exact) mass is 214 g/mol. The highest BCUT2D eigenvalue weighted by atomic mass is 16.2. The van der Waals surface area contributed by atoms with Crippen LogP contribution in [0, 0.1) is 0 Å². The molecule has 0 bridgehead atoms. The lowest BCUT2D eigenvalue weighted by atomic mass is 10.2. The van der Waals surface area contributed by atoms with E-state index in [1.165, 1.54) is 25.7 Å². The second-order valence-corrected chi connectivity index (χ2v) is 3.80. The molecule has 0 aromatic rings. The smallest absolute Gasteiger partial charge is 0.236 e. The third kappa shape index (κ3) is 7.37. The van der Waals surface area contributed by atoms with Gasteiger partial charge in [-0.3, -0.25) is 4.79 Å².